The zero-order valence-electron chi connectivity index (χ0n) is 17.0. The minimum absolute atomic E-state index is 0.198. The topological polar surface area (TPSA) is 108 Å². The Bertz CT molecular complexity index is 1480. The number of hydrogen-bond donors (Lipinski definition) is 2. The molecule has 156 valence electrons. The summed E-state index contributed by atoms with van der Waals surface area (Å²) in [7, 11) is 0. The van der Waals surface area contributed by atoms with Crippen LogP contribution >= 0.6 is 0 Å². The van der Waals surface area contributed by atoms with Crippen LogP contribution in [0.15, 0.2) is 61.1 Å². The lowest BCUT2D eigenvalue weighted by atomic mass is 10.1. The number of anilines is 1. The molecule has 32 heavy (non-hydrogen) atoms. The minimum Gasteiger partial charge on any atom is -0.378 e. The van der Waals surface area contributed by atoms with E-state index in [0.29, 0.717) is 40.7 Å². The van der Waals surface area contributed by atoms with Gasteiger partial charge in [0.05, 0.1) is 29.6 Å². The number of aromatic amines is 1. The van der Waals surface area contributed by atoms with Crippen LogP contribution in [0.4, 0.5) is 10.1 Å². The van der Waals surface area contributed by atoms with Crippen molar-refractivity contribution in [2.24, 2.45) is 0 Å². The van der Waals surface area contributed by atoms with Crippen molar-refractivity contribution in [1.29, 1.82) is 5.26 Å². The maximum Gasteiger partial charge on any atom is 0.155 e. The number of halogens is 1. The Morgan fingerprint density at radius 3 is 2.91 bits per heavy atom. The molecule has 0 bridgehead atoms. The van der Waals surface area contributed by atoms with Gasteiger partial charge in [-0.05, 0) is 49.4 Å². The van der Waals surface area contributed by atoms with Gasteiger partial charge < -0.3 is 10.3 Å². The maximum absolute atomic E-state index is 14.7. The number of hydrogen-bond acceptors (Lipinski definition) is 6. The largest absolute Gasteiger partial charge is 0.378 e. The van der Waals surface area contributed by atoms with Crippen molar-refractivity contribution in [2.45, 2.75) is 13.5 Å². The first-order valence-corrected chi connectivity index (χ1v) is 9.87. The van der Waals surface area contributed by atoms with E-state index in [9.17, 15) is 4.39 Å². The van der Waals surface area contributed by atoms with Gasteiger partial charge in [0.25, 0.3) is 0 Å². The van der Waals surface area contributed by atoms with Crippen LogP contribution in [0.25, 0.3) is 28.3 Å². The summed E-state index contributed by atoms with van der Waals surface area (Å²) < 4.78 is 16.4. The summed E-state index contributed by atoms with van der Waals surface area (Å²) in [5.41, 5.74) is 4.72. The van der Waals surface area contributed by atoms with Crippen LogP contribution in [-0.4, -0.2) is 29.5 Å². The van der Waals surface area contributed by atoms with Crippen molar-refractivity contribution in [3.8, 4) is 28.7 Å². The second kappa shape index (κ2) is 7.92. The number of fused-ring (bicyclic) bond motifs is 1. The highest BCUT2D eigenvalue weighted by Crippen LogP contribution is 2.31. The molecule has 5 rings (SSSR count). The first-order chi connectivity index (χ1) is 15.6. The van der Waals surface area contributed by atoms with E-state index >= 15 is 0 Å². The number of imidazole rings is 1. The molecule has 9 heteroatoms. The molecule has 0 aliphatic carbocycles. The van der Waals surface area contributed by atoms with Gasteiger partial charge in [0, 0.05) is 23.1 Å². The molecule has 0 spiro atoms. The zero-order chi connectivity index (χ0) is 22.1. The third-order valence-corrected chi connectivity index (χ3v) is 4.97. The number of aromatic nitrogens is 6. The van der Waals surface area contributed by atoms with Crippen molar-refractivity contribution < 1.29 is 4.39 Å². The van der Waals surface area contributed by atoms with Gasteiger partial charge in [0.15, 0.2) is 11.5 Å². The SMILES string of the molecule is Cc1ccc(F)c(-c2[nH]c(CNc3cccc(C#N)c3)nc2-c2ccc3ncnn3c2)n1. The lowest BCUT2D eigenvalue weighted by molar-refractivity contribution is 0.624. The van der Waals surface area contributed by atoms with Crippen LogP contribution in [0.2, 0.25) is 0 Å². The van der Waals surface area contributed by atoms with Crippen LogP contribution in [0.5, 0.6) is 0 Å². The number of aryl methyl sites for hydroxylation is 1. The van der Waals surface area contributed by atoms with Gasteiger partial charge in [0.2, 0.25) is 0 Å². The van der Waals surface area contributed by atoms with E-state index in [-0.39, 0.29) is 5.69 Å². The summed E-state index contributed by atoms with van der Waals surface area (Å²) in [6.45, 7) is 2.16. The van der Waals surface area contributed by atoms with Crippen LogP contribution in [0.1, 0.15) is 17.1 Å². The average Bonchev–Trinajstić information content (AvgIpc) is 3.46. The van der Waals surface area contributed by atoms with Gasteiger partial charge >= 0.3 is 0 Å². The molecule has 4 heterocycles. The molecule has 2 N–H and O–H groups in total. The summed E-state index contributed by atoms with van der Waals surface area (Å²) in [6, 6.07) is 16.0. The molecule has 0 aliphatic heterocycles. The molecule has 1 aromatic carbocycles. The molecular formula is C23H17FN8. The number of benzene rings is 1. The summed E-state index contributed by atoms with van der Waals surface area (Å²) in [5, 5.41) is 16.5. The smallest absolute Gasteiger partial charge is 0.155 e. The molecule has 8 nitrogen and oxygen atoms in total. The van der Waals surface area contributed by atoms with Gasteiger partial charge in [-0.25, -0.2) is 23.9 Å². The number of rotatable bonds is 5. The standard InChI is InChI=1S/C23H17FN8/c1-14-5-7-18(24)22(29-14)23-21(16-6-8-20-27-13-28-32(20)12-16)30-19(31-23)11-26-17-4-2-3-15(9-17)10-25/h2-9,12-13,26H,11H2,1H3,(H,30,31). The van der Waals surface area contributed by atoms with E-state index in [1.807, 2.05) is 25.1 Å². The second-order valence-electron chi connectivity index (χ2n) is 7.22. The van der Waals surface area contributed by atoms with Gasteiger partial charge in [-0.15, -0.1) is 0 Å². The Balaban J connectivity index is 1.56. The lowest BCUT2D eigenvalue weighted by Crippen LogP contribution is -2.01. The Morgan fingerprint density at radius 1 is 1.12 bits per heavy atom. The molecule has 0 radical (unpaired) electrons. The number of pyridine rings is 2. The Hall–Kier alpha value is -4.58. The first kappa shape index (κ1) is 19.4. The minimum atomic E-state index is -0.441. The highest BCUT2D eigenvalue weighted by Gasteiger charge is 2.19. The summed E-state index contributed by atoms with van der Waals surface area (Å²) in [5.74, 6) is 0.155. The Labute approximate surface area is 182 Å². The summed E-state index contributed by atoms with van der Waals surface area (Å²) in [6.07, 6.45) is 3.26. The van der Waals surface area contributed by atoms with Crippen LogP contribution in [0.3, 0.4) is 0 Å². The predicted molar refractivity (Wildman–Crippen MR) is 117 cm³/mol. The summed E-state index contributed by atoms with van der Waals surface area (Å²) in [4.78, 5) is 16.5. The normalized spacial score (nSPS) is 10.9. The Kier molecular flexibility index (Phi) is 4.80. The first-order valence-electron chi connectivity index (χ1n) is 9.87. The number of nitriles is 1. The van der Waals surface area contributed by atoms with Crippen LogP contribution in [-0.2, 0) is 6.54 Å². The Morgan fingerprint density at radius 2 is 2.03 bits per heavy atom. The lowest BCUT2D eigenvalue weighted by Gasteiger charge is -2.05. The quantitative estimate of drug-likeness (QED) is 0.440. The predicted octanol–water partition coefficient (Wildman–Crippen LogP) is 4.11. The van der Waals surface area contributed by atoms with Crippen molar-refractivity contribution in [3.63, 3.8) is 0 Å². The molecule has 5 aromatic rings. The maximum atomic E-state index is 14.7. The zero-order valence-corrected chi connectivity index (χ0v) is 17.0. The van der Waals surface area contributed by atoms with E-state index in [2.05, 4.69) is 31.4 Å². The fourth-order valence-corrected chi connectivity index (χ4v) is 3.44. The van der Waals surface area contributed by atoms with E-state index in [0.717, 1.165) is 11.3 Å². The van der Waals surface area contributed by atoms with Crippen molar-refractivity contribution in [2.75, 3.05) is 5.32 Å². The molecule has 4 aromatic heterocycles. The van der Waals surface area contributed by atoms with Gasteiger partial charge in [-0.1, -0.05) is 6.07 Å². The molecule has 0 amide bonds. The van der Waals surface area contributed by atoms with Gasteiger partial charge in [-0.2, -0.15) is 10.4 Å². The van der Waals surface area contributed by atoms with E-state index in [1.165, 1.54) is 12.4 Å². The summed E-state index contributed by atoms with van der Waals surface area (Å²) >= 11 is 0. The fraction of sp³-hybridized carbons (Fsp3) is 0.0870. The van der Waals surface area contributed by atoms with Gasteiger partial charge in [0.1, 0.15) is 17.8 Å². The fourth-order valence-electron chi connectivity index (χ4n) is 3.44. The third kappa shape index (κ3) is 3.65. The number of H-pyrrole nitrogens is 1. The van der Waals surface area contributed by atoms with Crippen LogP contribution in [0, 0.1) is 24.1 Å². The van der Waals surface area contributed by atoms with E-state index in [1.54, 1.807) is 35.0 Å². The highest BCUT2D eigenvalue weighted by molar-refractivity contribution is 5.77. The van der Waals surface area contributed by atoms with Gasteiger partial charge in [-0.3, -0.25) is 0 Å². The molecular weight excluding hydrogens is 407 g/mol. The molecule has 0 atom stereocenters. The molecule has 0 aliphatic rings. The molecule has 0 saturated heterocycles. The van der Waals surface area contributed by atoms with Crippen molar-refractivity contribution >= 4 is 11.3 Å². The van der Waals surface area contributed by atoms with E-state index < -0.39 is 5.82 Å². The number of nitrogens with zero attached hydrogens (tertiary/aromatic N) is 6. The molecule has 0 fully saturated rings. The monoisotopic (exact) mass is 424 g/mol. The molecule has 0 saturated carbocycles. The number of nitrogens with one attached hydrogen (secondary N) is 2. The average molecular weight is 424 g/mol. The second-order valence-corrected chi connectivity index (χ2v) is 7.22. The third-order valence-electron chi connectivity index (χ3n) is 4.97. The van der Waals surface area contributed by atoms with Crippen LogP contribution < -0.4 is 5.32 Å². The van der Waals surface area contributed by atoms with Crippen molar-refractivity contribution in [1.82, 2.24) is 29.5 Å². The highest BCUT2D eigenvalue weighted by atomic mass is 19.1. The van der Waals surface area contributed by atoms with E-state index in [4.69, 9.17) is 10.2 Å². The molecule has 0 unspecified atom stereocenters. The van der Waals surface area contributed by atoms with Crippen molar-refractivity contribution in [3.05, 3.63) is 84.0 Å².